The zero-order valence-corrected chi connectivity index (χ0v) is 9.69. The first-order chi connectivity index (χ1) is 8.31. The Morgan fingerprint density at radius 1 is 1.35 bits per heavy atom. The Kier molecular flexibility index (Phi) is 3.77. The number of anilines is 2. The van der Waals surface area contributed by atoms with Gasteiger partial charge in [-0.15, -0.1) is 0 Å². The number of amides is 1. The Morgan fingerprint density at radius 2 is 2.06 bits per heavy atom. The Morgan fingerprint density at radius 3 is 2.76 bits per heavy atom. The molecule has 0 saturated carbocycles. The summed E-state index contributed by atoms with van der Waals surface area (Å²) in [5.74, 6) is -0.189. The van der Waals surface area contributed by atoms with Crippen molar-refractivity contribution in [2.45, 2.75) is 0 Å². The molecule has 4 heteroatoms. The first-order valence-corrected chi connectivity index (χ1v) is 5.66. The number of nitrogens with one attached hydrogen (secondary N) is 1. The second kappa shape index (κ2) is 5.50. The van der Waals surface area contributed by atoms with Crippen LogP contribution >= 0.6 is 0 Å². The number of carbonyl (C=O) groups is 1. The van der Waals surface area contributed by atoms with E-state index in [0.717, 1.165) is 37.7 Å². The molecular weight excluding hydrogens is 216 g/mol. The number of rotatable bonds is 3. The van der Waals surface area contributed by atoms with Crippen molar-refractivity contribution >= 4 is 17.3 Å². The molecule has 0 aliphatic carbocycles. The minimum absolute atomic E-state index is 0.189. The van der Waals surface area contributed by atoms with Gasteiger partial charge in [0, 0.05) is 13.1 Å². The van der Waals surface area contributed by atoms with Gasteiger partial charge in [0.05, 0.1) is 24.6 Å². The smallest absolute Gasteiger partial charge is 0.247 e. The second-order valence-corrected chi connectivity index (χ2v) is 3.81. The van der Waals surface area contributed by atoms with Gasteiger partial charge in [0.15, 0.2) is 0 Å². The average molecular weight is 232 g/mol. The van der Waals surface area contributed by atoms with Gasteiger partial charge in [-0.05, 0) is 18.2 Å². The van der Waals surface area contributed by atoms with Gasteiger partial charge in [-0.2, -0.15) is 0 Å². The second-order valence-electron chi connectivity index (χ2n) is 3.81. The largest absolute Gasteiger partial charge is 0.378 e. The molecule has 0 atom stereocenters. The molecule has 1 aromatic carbocycles. The normalized spacial score (nSPS) is 15.4. The number of ether oxygens (including phenoxy) is 1. The average Bonchev–Trinajstić information content (AvgIpc) is 2.40. The summed E-state index contributed by atoms with van der Waals surface area (Å²) in [4.78, 5) is 13.6. The molecule has 90 valence electrons. The number of para-hydroxylation sites is 2. The summed E-state index contributed by atoms with van der Waals surface area (Å²) in [6.07, 6.45) is 1.27. The lowest BCUT2D eigenvalue weighted by molar-refractivity contribution is -0.111. The zero-order valence-electron chi connectivity index (χ0n) is 9.69. The van der Waals surface area contributed by atoms with Gasteiger partial charge >= 0.3 is 0 Å². The third kappa shape index (κ3) is 2.85. The van der Waals surface area contributed by atoms with E-state index in [1.807, 2.05) is 24.3 Å². The first kappa shape index (κ1) is 11.7. The Balaban J connectivity index is 2.19. The summed E-state index contributed by atoms with van der Waals surface area (Å²) in [6, 6.07) is 7.77. The van der Waals surface area contributed by atoms with E-state index in [1.165, 1.54) is 6.08 Å². The summed E-state index contributed by atoms with van der Waals surface area (Å²) in [5, 5.41) is 2.82. The Hall–Kier alpha value is -1.81. The van der Waals surface area contributed by atoms with Gasteiger partial charge in [-0.3, -0.25) is 4.79 Å². The lowest BCUT2D eigenvalue weighted by Crippen LogP contribution is -2.36. The molecule has 4 nitrogen and oxygen atoms in total. The van der Waals surface area contributed by atoms with Gasteiger partial charge < -0.3 is 15.0 Å². The molecule has 1 aromatic rings. The van der Waals surface area contributed by atoms with Crippen molar-refractivity contribution in [1.29, 1.82) is 0 Å². The van der Waals surface area contributed by atoms with Crippen LogP contribution in [-0.4, -0.2) is 32.2 Å². The molecule has 1 heterocycles. The van der Waals surface area contributed by atoms with Crippen LogP contribution in [0, 0.1) is 0 Å². The van der Waals surface area contributed by atoms with Crippen molar-refractivity contribution in [2.75, 3.05) is 36.5 Å². The van der Waals surface area contributed by atoms with E-state index in [2.05, 4.69) is 16.8 Å². The highest BCUT2D eigenvalue weighted by atomic mass is 16.5. The van der Waals surface area contributed by atoms with Crippen molar-refractivity contribution in [1.82, 2.24) is 0 Å². The molecule has 1 saturated heterocycles. The molecule has 1 amide bonds. The number of hydrogen-bond donors (Lipinski definition) is 1. The van der Waals surface area contributed by atoms with E-state index in [-0.39, 0.29) is 5.91 Å². The standard InChI is InChI=1S/C13H16N2O2/c1-2-13(16)14-11-5-3-4-6-12(11)15-7-9-17-10-8-15/h2-6H,1,7-10H2,(H,14,16). The fourth-order valence-corrected chi connectivity index (χ4v) is 1.84. The summed E-state index contributed by atoms with van der Waals surface area (Å²) in [6.45, 7) is 6.60. The molecule has 1 fully saturated rings. The van der Waals surface area contributed by atoms with Crippen LogP contribution in [0.15, 0.2) is 36.9 Å². The van der Waals surface area contributed by atoms with Gasteiger partial charge in [0.1, 0.15) is 0 Å². The van der Waals surface area contributed by atoms with E-state index in [9.17, 15) is 4.79 Å². The van der Waals surface area contributed by atoms with Crippen molar-refractivity contribution in [3.63, 3.8) is 0 Å². The first-order valence-electron chi connectivity index (χ1n) is 5.66. The van der Waals surface area contributed by atoms with Gasteiger partial charge in [-0.1, -0.05) is 18.7 Å². The maximum atomic E-state index is 11.3. The van der Waals surface area contributed by atoms with Crippen LogP contribution in [0.3, 0.4) is 0 Å². The van der Waals surface area contributed by atoms with Crippen LogP contribution in [0.4, 0.5) is 11.4 Å². The van der Waals surface area contributed by atoms with E-state index in [4.69, 9.17) is 4.74 Å². The quantitative estimate of drug-likeness (QED) is 0.806. The highest BCUT2D eigenvalue weighted by Crippen LogP contribution is 2.26. The molecule has 0 unspecified atom stereocenters. The highest BCUT2D eigenvalue weighted by Gasteiger charge is 2.14. The van der Waals surface area contributed by atoms with E-state index >= 15 is 0 Å². The third-order valence-corrected chi connectivity index (χ3v) is 2.70. The van der Waals surface area contributed by atoms with Gasteiger partial charge in [0.25, 0.3) is 0 Å². The summed E-state index contributed by atoms with van der Waals surface area (Å²) in [5.41, 5.74) is 1.85. The molecule has 0 spiro atoms. The summed E-state index contributed by atoms with van der Waals surface area (Å²) in [7, 11) is 0. The predicted molar refractivity (Wildman–Crippen MR) is 68.3 cm³/mol. The van der Waals surface area contributed by atoms with Crippen LogP contribution in [-0.2, 0) is 9.53 Å². The highest BCUT2D eigenvalue weighted by molar-refractivity contribution is 6.01. The lowest BCUT2D eigenvalue weighted by atomic mass is 10.2. The van der Waals surface area contributed by atoms with Crippen LogP contribution in [0.1, 0.15) is 0 Å². The fourth-order valence-electron chi connectivity index (χ4n) is 1.84. The van der Waals surface area contributed by atoms with Crippen LogP contribution in [0.25, 0.3) is 0 Å². The molecule has 1 aliphatic rings. The SMILES string of the molecule is C=CC(=O)Nc1ccccc1N1CCOCC1. The molecule has 1 N–H and O–H groups in total. The van der Waals surface area contributed by atoms with Gasteiger partial charge in [0.2, 0.25) is 5.91 Å². The van der Waals surface area contributed by atoms with Crippen molar-refractivity contribution < 1.29 is 9.53 Å². The molecule has 0 aromatic heterocycles. The van der Waals surface area contributed by atoms with Crippen molar-refractivity contribution in [3.8, 4) is 0 Å². The number of carbonyl (C=O) groups excluding carboxylic acids is 1. The maximum Gasteiger partial charge on any atom is 0.247 e. The topological polar surface area (TPSA) is 41.6 Å². The summed E-state index contributed by atoms with van der Waals surface area (Å²) < 4.78 is 5.32. The third-order valence-electron chi connectivity index (χ3n) is 2.70. The Bertz CT molecular complexity index is 412. The Labute approximate surface area is 101 Å². The van der Waals surface area contributed by atoms with Gasteiger partial charge in [-0.25, -0.2) is 0 Å². The zero-order chi connectivity index (χ0) is 12.1. The number of benzene rings is 1. The number of hydrogen-bond acceptors (Lipinski definition) is 3. The van der Waals surface area contributed by atoms with Crippen LogP contribution in [0.2, 0.25) is 0 Å². The lowest BCUT2D eigenvalue weighted by Gasteiger charge is -2.30. The minimum Gasteiger partial charge on any atom is -0.378 e. The van der Waals surface area contributed by atoms with Crippen molar-refractivity contribution in [3.05, 3.63) is 36.9 Å². The van der Waals surface area contributed by atoms with Crippen LogP contribution in [0.5, 0.6) is 0 Å². The molecule has 17 heavy (non-hydrogen) atoms. The van der Waals surface area contributed by atoms with Crippen molar-refractivity contribution in [2.24, 2.45) is 0 Å². The van der Waals surface area contributed by atoms with E-state index in [1.54, 1.807) is 0 Å². The fraction of sp³-hybridized carbons (Fsp3) is 0.308. The molecule has 1 aliphatic heterocycles. The van der Waals surface area contributed by atoms with Crippen LogP contribution < -0.4 is 10.2 Å². The molecular formula is C13H16N2O2. The molecule has 2 rings (SSSR count). The summed E-state index contributed by atoms with van der Waals surface area (Å²) >= 11 is 0. The maximum absolute atomic E-state index is 11.3. The minimum atomic E-state index is -0.189. The number of nitrogens with zero attached hydrogens (tertiary/aromatic N) is 1. The van der Waals surface area contributed by atoms with E-state index < -0.39 is 0 Å². The van der Waals surface area contributed by atoms with E-state index in [0.29, 0.717) is 0 Å². The molecule has 0 bridgehead atoms. The monoisotopic (exact) mass is 232 g/mol. The predicted octanol–water partition coefficient (Wildman–Crippen LogP) is 1.65. The number of morpholine rings is 1. The molecule has 0 radical (unpaired) electrons.